The normalized spacial score (nSPS) is 13.2. The minimum Gasteiger partial charge on any atom is -0.451 e. The van der Waals surface area contributed by atoms with Gasteiger partial charge in [0.2, 0.25) is 0 Å². The first-order chi connectivity index (χ1) is 11.5. The van der Waals surface area contributed by atoms with Crippen molar-refractivity contribution in [2.24, 2.45) is 0 Å². The second-order valence-electron chi connectivity index (χ2n) is 5.51. The summed E-state index contributed by atoms with van der Waals surface area (Å²) in [7, 11) is 0. The van der Waals surface area contributed by atoms with Gasteiger partial charge in [0.1, 0.15) is 16.5 Å². The number of carbonyl (C=O) groups excluding carboxylic acids is 2. The minimum atomic E-state index is -0.888. The molecule has 1 amide bonds. The van der Waals surface area contributed by atoms with Crippen molar-refractivity contribution in [1.29, 1.82) is 0 Å². The Hall–Kier alpha value is -2.28. The number of esters is 1. The van der Waals surface area contributed by atoms with Gasteiger partial charge in [-0.3, -0.25) is 4.79 Å². The summed E-state index contributed by atoms with van der Waals surface area (Å²) in [5, 5.41) is 2.24. The standard InChI is InChI=1S/C17H15F2NO3S/c18-11-5-6-13(12(19)8-11)20-16(21)9-23-17(22)15-7-10-3-1-2-4-14(10)24-15/h5-8H,1-4,9H2,(H,20,21). The van der Waals surface area contributed by atoms with Crippen LogP contribution in [0.2, 0.25) is 0 Å². The molecule has 0 saturated carbocycles. The van der Waals surface area contributed by atoms with Gasteiger partial charge in [-0.25, -0.2) is 13.6 Å². The number of ether oxygens (including phenoxy) is 1. The van der Waals surface area contributed by atoms with Crippen molar-refractivity contribution < 1.29 is 23.1 Å². The number of fused-ring (bicyclic) bond motifs is 1. The predicted molar refractivity (Wildman–Crippen MR) is 86.2 cm³/mol. The zero-order valence-electron chi connectivity index (χ0n) is 12.7. The van der Waals surface area contributed by atoms with Crippen molar-refractivity contribution in [2.75, 3.05) is 11.9 Å². The maximum Gasteiger partial charge on any atom is 0.348 e. The maximum atomic E-state index is 13.4. The number of benzene rings is 1. The summed E-state index contributed by atoms with van der Waals surface area (Å²) in [6.07, 6.45) is 4.17. The van der Waals surface area contributed by atoms with Gasteiger partial charge in [-0.2, -0.15) is 0 Å². The Kier molecular flexibility index (Phi) is 4.89. The molecule has 2 aromatic rings. The summed E-state index contributed by atoms with van der Waals surface area (Å²) >= 11 is 1.40. The molecule has 1 aromatic carbocycles. The number of anilines is 1. The highest BCUT2D eigenvalue weighted by Gasteiger charge is 2.19. The molecule has 0 radical (unpaired) electrons. The van der Waals surface area contributed by atoms with Crippen LogP contribution in [0, 0.1) is 11.6 Å². The van der Waals surface area contributed by atoms with E-state index in [0.717, 1.165) is 37.8 Å². The van der Waals surface area contributed by atoms with Crippen LogP contribution in [0.15, 0.2) is 24.3 Å². The van der Waals surface area contributed by atoms with Crippen LogP contribution in [0.1, 0.15) is 33.0 Å². The van der Waals surface area contributed by atoms with Gasteiger partial charge in [-0.1, -0.05) is 0 Å². The van der Waals surface area contributed by atoms with Gasteiger partial charge in [0.15, 0.2) is 6.61 Å². The number of thiophene rings is 1. The van der Waals surface area contributed by atoms with Gasteiger partial charge >= 0.3 is 5.97 Å². The van der Waals surface area contributed by atoms with Crippen LogP contribution < -0.4 is 5.32 Å². The fraction of sp³-hybridized carbons (Fsp3) is 0.294. The second-order valence-corrected chi connectivity index (χ2v) is 6.65. The first-order valence-electron chi connectivity index (χ1n) is 7.56. The first-order valence-corrected chi connectivity index (χ1v) is 8.38. The van der Waals surface area contributed by atoms with Gasteiger partial charge in [-0.15, -0.1) is 11.3 Å². The van der Waals surface area contributed by atoms with Gasteiger partial charge in [0.25, 0.3) is 5.91 Å². The molecular weight excluding hydrogens is 336 g/mol. The second kappa shape index (κ2) is 7.09. The molecule has 1 aromatic heterocycles. The molecule has 4 nitrogen and oxygen atoms in total. The summed E-state index contributed by atoms with van der Waals surface area (Å²) in [6.45, 7) is -0.530. The van der Waals surface area contributed by atoms with E-state index < -0.39 is 30.1 Å². The van der Waals surface area contributed by atoms with Crippen molar-refractivity contribution >= 4 is 28.9 Å². The highest BCUT2D eigenvalue weighted by molar-refractivity contribution is 7.14. The van der Waals surface area contributed by atoms with E-state index in [1.54, 1.807) is 0 Å². The number of carbonyl (C=O) groups is 2. The lowest BCUT2D eigenvalue weighted by Gasteiger charge is -2.08. The van der Waals surface area contributed by atoms with E-state index in [0.29, 0.717) is 10.9 Å². The average molecular weight is 351 g/mol. The van der Waals surface area contributed by atoms with Crippen LogP contribution in [0.3, 0.4) is 0 Å². The van der Waals surface area contributed by atoms with E-state index >= 15 is 0 Å². The third-order valence-corrected chi connectivity index (χ3v) is 4.95. The molecular formula is C17H15F2NO3S. The molecule has 0 spiro atoms. The van der Waals surface area contributed by atoms with Crippen LogP contribution in [0.25, 0.3) is 0 Å². The Bertz CT molecular complexity index is 765. The Balaban J connectivity index is 1.55. The lowest BCUT2D eigenvalue weighted by Crippen LogP contribution is -2.21. The Morgan fingerprint density at radius 3 is 2.71 bits per heavy atom. The number of aryl methyl sites for hydroxylation is 2. The molecule has 126 valence electrons. The topological polar surface area (TPSA) is 55.4 Å². The molecule has 7 heteroatoms. The summed E-state index contributed by atoms with van der Waals surface area (Å²) in [6, 6.07) is 4.62. The van der Waals surface area contributed by atoms with Crippen LogP contribution in [0.4, 0.5) is 14.5 Å². The SMILES string of the molecule is O=C(COC(=O)c1cc2c(s1)CCCC2)Nc1ccc(F)cc1F. The maximum absolute atomic E-state index is 13.4. The smallest absolute Gasteiger partial charge is 0.348 e. The molecule has 0 fully saturated rings. The fourth-order valence-corrected chi connectivity index (χ4v) is 3.72. The molecule has 3 rings (SSSR count). The van der Waals surface area contributed by atoms with E-state index in [-0.39, 0.29) is 5.69 Å². The average Bonchev–Trinajstić information content (AvgIpc) is 2.99. The molecule has 0 bridgehead atoms. The predicted octanol–water partition coefficient (Wildman–Crippen LogP) is 3.70. The van der Waals surface area contributed by atoms with Crippen LogP contribution in [-0.2, 0) is 22.4 Å². The van der Waals surface area contributed by atoms with E-state index in [1.807, 2.05) is 6.07 Å². The number of rotatable bonds is 4. The van der Waals surface area contributed by atoms with Crippen molar-refractivity contribution in [3.63, 3.8) is 0 Å². The molecule has 1 N–H and O–H groups in total. The molecule has 1 aliphatic carbocycles. The highest BCUT2D eigenvalue weighted by atomic mass is 32.1. The summed E-state index contributed by atoms with van der Waals surface area (Å²) in [5.74, 6) is -2.88. The summed E-state index contributed by atoms with van der Waals surface area (Å²) in [5.41, 5.74) is 1.01. The Labute approximate surface area is 141 Å². The monoisotopic (exact) mass is 351 g/mol. The summed E-state index contributed by atoms with van der Waals surface area (Å²) in [4.78, 5) is 25.4. The van der Waals surface area contributed by atoms with Crippen molar-refractivity contribution in [3.05, 3.63) is 51.2 Å². The third-order valence-electron chi connectivity index (χ3n) is 3.74. The minimum absolute atomic E-state index is 0.163. The quantitative estimate of drug-likeness (QED) is 0.855. The zero-order valence-corrected chi connectivity index (χ0v) is 13.6. The van der Waals surface area contributed by atoms with E-state index in [9.17, 15) is 18.4 Å². The largest absolute Gasteiger partial charge is 0.451 e. The van der Waals surface area contributed by atoms with Gasteiger partial charge in [0, 0.05) is 10.9 Å². The van der Waals surface area contributed by atoms with Crippen molar-refractivity contribution in [2.45, 2.75) is 25.7 Å². The third kappa shape index (κ3) is 3.79. The van der Waals surface area contributed by atoms with E-state index in [4.69, 9.17) is 4.74 Å². The molecule has 0 saturated heterocycles. The van der Waals surface area contributed by atoms with Crippen molar-refractivity contribution in [1.82, 2.24) is 0 Å². The number of nitrogens with one attached hydrogen (secondary N) is 1. The fourth-order valence-electron chi connectivity index (χ4n) is 2.57. The van der Waals surface area contributed by atoms with Crippen molar-refractivity contribution in [3.8, 4) is 0 Å². The van der Waals surface area contributed by atoms with Gasteiger partial charge < -0.3 is 10.1 Å². The lowest BCUT2D eigenvalue weighted by molar-refractivity contribution is -0.119. The first kappa shape index (κ1) is 16.6. The van der Waals surface area contributed by atoms with Gasteiger partial charge in [-0.05, 0) is 49.4 Å². The lowest BCUT2D eigenvalue weighted by atomic mass is 9.99. The molecule has 24 heavy (non-hydrogen) atoms. The summed E-state index contributed by atoms with van der Waals surface area (Å²) < 4.78 is 31.2. The van der Waals surface area contributed by atoms with Crippen LogP contribution >= 0.6 is 11.3 Å². The number of halogens is 2. The molecule has 1 heterocycles. The molecule has 0 aliphatic heterocycles. The van der Waals surface area contributed by atoms with E-state index in [2.05, 4.69) is 5.32 Å². The van der Waals surface area contributed by atoms with Crippen LogP contribution in [-0.4, -0.2) is 18.5 Å². The highest BCUT2D eigenvalue weighted by Crippen LogP contribution is 2.30. The Morgan fingerprint density at radius 1 is 1.17 bits per heavy atom. The molecule has 0 atom stereocenters. The Morgan fingerprint density at radius 2 is 1.96 bits per heavy atom. The number of amides is 1. The zero-order chi connectivity index (χ0) is 17.1. The van der Waals surface area contributed by atoms with Gasteiger partial charge in [0.05, 0.1) is 5.69 Å². The number of hydrogen-bond acceptors (Lipinski definition) is 4. The van der Waals surface area contributed by atoms with E-state index in [1.165, 1.54) is 21.8 Å². The van der Waals surface area contributed by atoms with Crippen LogP contribution in [0.5, 0.6) is 0 Å². The molecule has 0 unspecified atom stereocenters. The molecule has 1 aliphatic rings. The number of hydrogen-bond donors (Lipinski definition) is 1.